The third-order valence-corrected chi connectivity index (χ3v) is 15.0. The Morgan fingerprint density at radius 2 is 1.30 bits per heavy atom. The van der Waals surface area contributed by atoms with Crippen molar-refractivity contribution in [3.05, 3.63) is 0 Å². The third kappa shape index (κ3) is 4.85. The number of hydrogen-bond acceptors (Lipinski definition) is 9. The van der Waals surface area contributed by atoms with Gasteiger partial charge in [0.2, 0.25) is 0 Å². The van der Waals surface area contributed by atoms with E-state index in [9.17, 15) is 19.2 Å². The first-order valence-electron chi connectivity index (χ1n) is 18.0. The lowest BCUT2D eigenvalue weighted by atomic mass is 9.41. The average molecular weight is 659 g/mol. The van der Waals surface area contributed by atoms with Crippen LogP contribution in [-0.2, 0) is 42.9 Å². The van der Waals surface area contributed by atoms with Crippen molar-refractivity contribution in [2.45, 2.75) is 170 Å². The molecule has 0 aromatic carbocycles. The smallest absolute Gasteiger partial charge is 0.303 e. The lowest BCUT2D eigenvalue weighted by Gasteiger charge is -2.64. The molecular formula is C38H58O9. The zero-order valence-electron chi connectivity index (χ0n) is 30.6. The summed E-state index contributed by atoms with van der Waals surface area (Å²) in [5.41, 5.74) is -2.06. The van der Waals surface area contributed by atoms with E-state index in [0.717, 1.165) is 57.8 Å². The van der Waals surface area contributed by atoms with Crippen molar-refractivity contribution in [1.29, 1.82) is 0 Å². The molecule has 6 rings (SSSR count). The summed E-state index contributed by atoms with van der Waals surface area (Å²) >= 11 is 0. The molecule has 47 heavy (non-hydrogen) atoms. The number of hydrogen-bond donors (Lipinski definition) is 0. The number of carbonyl (C=O) groups is 4. The zero-order valence-corrected chi connectivity index (χ0v) is 30.6. The molecule has 6 aliphatic rings. The van der Waals surface area contributed by atoms with Crippen molar-refractivity contribution in [2.75, 3.05) is 0 Å². The highest BCUT2D eigenvalue weighted by Gasteiger charge is 2.85. The summed E-state index contributed by atoms with van der Waals surface area (Å²) in [6, 6.07) is 0. The molecular weight excluding hydrogens is 600 g/mol. The highest BCUT2D eigenvalue weighted by Crippen LogP contribution is 2.89. The van der Waals surface area contributed by atoms with Gasteiger partial charge in [0.15, 0.2) is 0 Å². The Hall–Kier alpha value is -2.16. The average Bonchev–Trinajstić information content (AvgIpc) is 3.26. The van der Waals surface area contributed by atoms with Crippen LogP contribution in [0.3, 0.4) is 0 Å². The summed E-state index contributed by atoms with van der Waals surface area (Å²) in [5, 5.41) is 0. The van der Waals surface area contributed by atoms with Crippen molar-refractivity contribution in [2.24, 2.45) is 44.8 Å². The first-order valence-corrected chi connectivity index (χ1v) is 18.0. The van der Waals surface area contributed by atoms with E-state index in [1.807, 2.05) is 13.8 Å². The van der Waals surface area contributed by atoms with Gasteiger partial charge in [0.1, 0.15) is 23.9 Å². The van der Waals surface area contributed by atoms with Gasteiger partial charge in [-0.3, -0.25) is 19.2 Å². The van der Waals surface area contributed by atoms with Crippen molar-refractivity contribution < 1.29 is 42.9 Å². The third-order valence-electron chi connectivity index (χ3n) is 15.0. The fourth-order valence-electron chi connectivity index (χ4n) is 13.5. The maximum absolute atomic E-state index is 12.7. The molecule has 1 aliphatic heterocycles. The van der Waals surface area contributed by atoms with E-state index in [-0.39, 0.29) is 93.1 Å². The summed E-state index contributed by atoms with van der Waals surface area (Å²) in [5.74, 6) is -0.867. The SMILES string of the molecule is CC(=O)O[C@H]1C[C@@]2(C)[C@@H]3C[C@H](OC(C)=O)[C@H]4C(C)(C)[C@@H](OC(C)=O)CC[C@@]45C[C@@]35CC[C@]2(C)[C@H]1[C@@]1(C)CC[C@@H](C(C)(C)OC(C)=O)O1. The topological polar surface area (TPSA) is 114 Å². The van der Waals surface area contributed by atoms with Gasteiger partial charge in [-0.15, -0.1) is 0 Å². The standard InChI is InChI=1S/C38H58O9/c1-21(39)43-25-18-27-35(10)19-26(44-22(2)40)31(36(11)14-12-29(47-36)33(7,8)46-24(4)42)34(35,9)16-17-37(27)20-38(37)15-13-28(45-23(3)41)32(5,6)30(25)38/h25-31H,12-20H2,1-11H3/t25-,26-,27-,28-,29-,30-,31-,34+,35-,36+,37-,38+/m0/s1. The quantitative estimate of drug-likeness (QED) is 0.227. The van der Waals surface area contributed by atoms with Gasteiger partial charge >= 0.3 is 23.9 Å². The summed E-state index contributed by atoms with van der Waals surface area (Å²) < 4.78 is 31.2. The van der Waals surface area contributed by atoms with Crippen LogP contribution in [0, 0.1) is 44.8 Å². The highest BCUT2D eigenvalue weighted by atomic mass is 16.6. The highest BCUT2D eigenvalue weighted by molar-refractivity contribution is 5.67. The second-order valence-electron chi connectivity index (χ2n) is 18.2. The summed E-state index contributed by atoms with van der Waals surface area (Å²) in [6.45, 7) is 21.1. The minimum atomic E-state index is -0.784. The van der Waals surface area contributed by atoms with Gasteiger partial charge < -0.3 is 23.7 Å². The van der Waals surface area contributed by atoms with Crippen molar-refractivity contribution in [1.82, 2.24) is 0 Å². The molecule has 6 fully saturated rings. The molecule has 9 heteroatoms. The van der Waals surface area contributed by atoms with Gasteiger partial charge in [-0.05, 0) is 106 Å². The molecule has 0 N–H and O–H groups in total. The molecule has 9 nitrogen and oxygen atoms in total. The Morgan fingerprint density at radius 3 is 1.89 bits per heavy atom. The van der Waals surface area contributed by atoms with Crippen LogP contribution in [-0.4, -0.2) is 59.5 Å². The van der Waals surface area contributed by atoms with Gasteiger partial charge in [0.25, 0.3) is 0 Å². The molecule has 2 spiro atoms. The minimum absolute atomic E-state index is 0.00243. The fourth-order valence-corrected chi connectivity index (χ4v) is 13.5. The number of ether oxygens (including phenoxy) is 5. The minimum Gasteiger partial charge on any atom is -0.462 e. The molecule has 12 atom stereocenters. The largest absolute Gasteiger partial charge is 0.462 e. The first-order chi connectivity index (χ1) is 21.6. The summed E-state index contributed by atoms with van der Waals surface area (Å²) in [7, 11) is 0. The predicted octanol–water partition coefficient (Wildman–Crippen LogP) is 6.72. The van der Waals surface area contributed by atoms with Crippen LogP contribution < -0.4 is 0 Å². The summed E-state index contributed by atoms with van der Waals surface area (Å²) in [4.78, 5) is 49.5. The van der Waals surface area contributed by atoms with E-state index in [2.05, 4.69) is 34.6 Å². The lowest BCUT2D eigenvalue weighted by Crippen LogP contribution is -2.63. The van der Waals surface area contributed by atoms with E-state index in [4.69, 9.17) is 23.7 Å². The van der Waals surface area contributed by atoms with Gasteiger partial charge in [0, 0.05) is 44.9 Å². The van der Waals surface area contributed by atoms with E-state index in [0.29, 0.717) is 0 Å². The van der Waals surface area contributed by atoms with Crippen LogP contribution in [0.15, 0.2) is 0 Å². The first kappa shape index (κ1) is 34.7. The molecule has 0 aromatic rings. The van der Waals surface area contributed by atoms with Gasteiger partial charge in [-0.2, -0.15) is 0 Å². The molecule has 1 heterocycles. The maximum atomic E-state index is 12.7. The van der Waals surface area contributed by atoms with E-state index >= 15 is 0 Å². The van der Waals surface area contributed by atoms with Gasteiger partial charge in [-0.25, -0.2) is 0 Å². The Bertz CT molecular complexity index is 1350. The monoisotopic (exact) mass is 658 g/mol. The molecule has 0 radical (unpaired) electrons. The van der Waals surface area contributed by atoms with Crippen molar-refractivity contribution >= 4 is 23.9 Å². The van der Waals surface area contributed by atoms with Crippen LogP contribution in [0.2, 0.25) is 0 Å². The normalized spacial score (nSPS) is 47.8. The predicted molar refractivity (Wildman–Crippen MR) is 173 cm³/mol. The van der Waals surface area contributed by atoms with E-state index in [1.54, 1.807) is 0 Å². The molecule has 5 aliphatic carbocycles. The molecule has 5 saturated carbocycles. The zero-order chi connectivity index (χ0) is 34.8. The van der Waals surface area contributed by atoms with Crippen LogP contribution in [0.5, 0.6) is 0 Å². The number of rotatable bonds is 6. The van der Waals surface area contributed by atoms with Gasteiger partial charge in [-0.1, -0.05) is 27.7 Å². The van der Waals surface area contributed by atoms with Crippen LogP contribution in [0.4, 0.5) is 0 Å². The molecule has 0 amide bonds. The Morgan fingerprint density at radius 1 is 0.681 bits per heavy atom. The molecule has 264 valence electrons. The van der Waals surface area contributed by atoms with Crippen molar-refractivity contribution in [3.63, 3.8) is 0 Å². The van der Waals surface area contributed by atoms with Gasteiger partial charge in [0.05, 0.1) is 11.7 Å². The molecule has 0 aromatic heterocycles. The van der Waals surface area contributed by atoms with Crippen molar-refractivity contribution in [3.8, 4) is 0 Å². The van der Waals surface area contributed by atoms with E-state index in [1.165, 1.54) is 27.7 Å². The Labute approximate surface area is 280 Å². The molecule has 1 saturated heterocycles. The van der Waals surface area contributed by atoms with Crippen LogP contribution in [0.1, 0.15) is 134 Å². The van der Waals surface area contributed by atoms with E-state index < -0.39 is 11.2 Å². The number of carbonyl (C=O) groups excluding carboxylic acids is 4. The lowest BCUT2D eigenvalue weighted by molar-refractivity contribution is -0.225. The van der Waals surface area contributed by atoms with Crippen LogP contribution >= 0.6 is 0 Å². The van der Waals surface area contributed by atoms with Crippen LogP contribution in [0.25, 0.3) is 0 Å². The molecule has 0 bridgehead atoms. The summed E-state index contributed by atoms with van der Waals surface area (Å²) in [6.07, 6.45) is 6.77. The maximum Gasteiger partial charge on any atom is 0.303 e. The Balaban J connectivity index is 1.39. The second kappa shape index (κ2) is 10.7. The Kier molecular flexibility index (Phi) is 7.88. The number of esters is 4. The second-order valence-corrected chi connectivity index (χ2v) is 18.2. The number of fused-ring (bicyclic) bond motifs is 2. The molecule has 0 unspecified atom stereocenters. The fraction of sp³-hybridized carbons (Fsp3) is 0.895.